The highest BCUT2D eigenvalue weighted by Gasteiger charge is 2.38. The molecule has 0 bridgehead atoms. The number of carbonyl (C=O) groups excluding carboxylic acids is 3. The lowest BCUT2D eigenvalue weighted by atomic mass is 10.0. The van der Waals surface area contributed by atoms with Gasteiger partial charge >= 0.3 is 6.18 Å². The molecular formula is C25H20F3N3O3. The van der Waals surface area contributed by atoms with E-state index in [1.54, 1.807) is 42.5 Å². The van der Waals surface area contributed by atoms with E-state index in [1.807, 2.05) is 13.0 Å². The Morgan fingerprint density at radius 2 is 1.74 bits per heavy atom. The number of halogens is 3. The quantitative estimate of drug-likeness (QED) is 0.566. The number of fused-ring (bicyclic) bond motifs is 1. The standard InChI is InChI=1S/C25H20F3N3O3/c1-15-6-4-7-16(12-15)24(34)31-20-11-3-2-10-19(20)30-23(33)21(31)14-22(32)29-18-9-5-8-17(13-18)25(26,27)28/h2-13,21H,14H2,1H3,(H,29,32)(H,30,33)/t21-/m0/s1. The molecule has 1 atom stereocenters. The van der Waals surface area contributed by atoms with E-state index in [0.29, 0.717) is 16.9 Å². The van der Waals surface area contributed by atoms with Crippen LogP contribution in [-0.4, -0.2) is 23.8 Å². The molecule has 0 spiro atoms. The second kappa shape index (κ2) is 9.01. The van der Waals surface area contributed by atoms with Crippen LogP contribution in [0.15, 0.2) is 72.8 Å². The molecule has 3 aromatic carbocycles. The number of benzene rings is 3. The van der Waals surface area contributed by atoms with E-state index in [9.17, 15) is 27.6 Å². The van der Waals surface area contributed by atoms with Crippen LogP contribution in [0.4, 0.5) is 30.2 Å². The van der Waals surface area contributed by atoms with Crippen LogP contribution in [0.2, 0.25) is 0 Å². The first kappa shape index (κ1) is 23.0. The third-order valence-electron chi connectivity index (χ3n) is 5.37. The van der Waals surface area contributed by atoms with E-state index in [0.717, 1.165) is 17.7 Å². The highest BCUT2D eigenvalue weighted by atomic mass is 19.4. The van der Waals surface area contributed by atoms with Crippen LogP contribution in [-0.2, 0) is 15.8 Å². The van der Waals surface area contributed by atoms with Gasteiger partial charge in [0.2, 0.25) is 11.8 Å². The monoisotopic (exact) mass is 467 g/mol. The Labute approximate surface area is 193 Å². The zero-order chi connectivity index (χ0) is 24.5. The fourth-order valence-corrected chi connectivity index (χ4v) is 3.80. The SMILES string of the molecule is Cc1cccc(C(=O)N2c3ccccc3NC(=O)[C@@H]2CC(=O)Nc2cccc(C(F)(F)F)c2)c1. The predicted octanol–water partition coefficient (Wildman–Crippen LogP) is 5.01. The van der Waals surface area contributed by atoms with Crippen LogP contribution < -0.4 is 15.5 Å². The minimum Gasteiger partial charge on any atom is -0.326 e. The summed E-state index contributed by atoms with van der Waals surface area (Å²) >= 11 is 0. The Morgan fingerprint density at radius 3 is 2.47 bits per heavy atom. The first-order chi connectivity index (χ1) is 16.1. The molecule has 1 heterocycles. The van der Waals surface area contributed by atoms with E-state index in [-0.39, 0.29) is 5.69 Å². The lowest BCUT2D eigenvalue weighted by molar-refractivity contribution is -0.137. The average molecular weight is 467 g/mol. The molecule has 3 aromatic rings. The van der Waals surface area contributed by atoms with Gasteiger partial charge in [0.05, 0.1) is 23.4 Å². The Morgan fingerprint density at radius 1 is 1.00 bits per heavy atom. The molecular weight excluding hydrogens is 447 g/mol. The van der Waals surface area contributed by atoms with Crippen LogP contribution in [0.5, 0.6) is 0 Å². The minimum absolute atomic E-state index is 0.0620. The number of alkyl halides is 3. The Bertz CT molecular complexity index is 1270. The summed E-state index contributed by atoms with van der Waals surface area (Å²) in [5.41, 5.74) is 1.06. The summed E-state index contributed by atoms with van der Waals surface area (Å²) in [6.45, 7) is 1.83. The van der Waals surface area contributed by atoms with Gasteiger partial charge < -0.3 is 10.6 Å². The molecule has 1 aliphatic rings. The maximum atomic E-state index is 13.5. The van der Waals surface area contributed by atoms with Gasteiger partial charge in [0.15, 0.2) is 0 Å². The van der Waals surface area contributed by atoms with Crippen LogP contribution >= 0.6 is 0 Å². The number of nitrogens with zero attached hydrogens (tertiary/aromatic N) is 1. The summed E-state index contributed by atoms with van der Waals surface area (Å²) in [7, 11) is 0. The molecule has 0 aromatic heterocycles. The summed E-state index contributed by atoms with van der Waals surface area (Å²) in [4.78, 5) is 40.4. The zero-order valence-corrected chi connectivity index (χ0v) is 18.0. The molecule has 0 radical (unpaired) electrons. The fraction of sp³-hybridized carbons (Fsp3) is 0.160. The second-order valence-corrected chi connectivity index (χ2v) is 7.90. The van der Waals surface area contributed by atoms with Gasteiger partial charge in [-0.2, -0.15) is 13.2 Å². The van der Waals surface area contributed by atoms with Crippen LogP contribution in [0.3, 0.4) is 0 Å². The molecule has 1 aliphatic heterocycles. The number of amides is 3. The summed E-state index contributed by atoms with van der Waals surface area (Å²) in [5.74, 6) is -1.75. The molecule has 174 valence electrons. The molecule has 34 heavy (non-hydrogen) atoms. The number of carbonyl (C=O) groups is 3. The normalized spacial score (nSPS) is 15.4. The second-order valence-electron chi connectivity index (χ2n) is 7.90. The molecule has 6 nitrogen and oxygen atoms in total. The van der Waals surface area contributed by atoms with Crippen molar-refractivity contribution in [2.75, 3.05) is 15.5 Å². The zero-order valence-electron chi connectivity index (χ0n) is 18.0. The molecule has 2 N–H and O–H groups in total. The smallest absolute Gasteiger partial charge is 0.326 e. The van der Waals surface area contributed by atoms with Gasteiger partial charge in [-0.05, 0) is 49.4 Å². The van der Waals surface area contributed by atoms with Crippen LogP contribution in [0, 0.1) is 6.92 Å². The maximum Gasteiger partial charge on any atom is 0.416 e. The van der Waals surface area contributed by atoms with Crippen molar-refractivity contribution in [1.29, 1.82) is 0 Å². The molecule has 0 unspecified atom stereocenters. The predicted molar refractivity (Wildman–Crippen MR) is 122 cm³/mol. The molecule has 0 saturated heterocycles. The molecule has 4 rings (SSSR count). The van der Waals surface area contributed by atoms with Crippen LogP contribution in [0.25, 0.3) is 0 Å². The number of rotatable bonds is 4. The highest BCUT2D eigenvalue weighted by molar-refractivity contribution is 6.17. The number of nitrogens with one attached hydrogen (secondary N) is 2. The van der Waals surface area contributed by atoms with Crippen molar-refractivity contribution in [3.8, 4) is 0 Å². The molecule has 0 saturated carbocycles. The molecule has 9 heteroatoms. The number of para-hydroxylation sites is 2. The van der Waals surface area contributed by atoms with Crippen molar-refractivity contribution in [2.24, 2.45) is 0 Å². The van der Waals surface area contributed by atoms with Gasteiger partial charge in [-0.1, -0.05) is 35.9 Å². The van der Waals surface area contributed by atoms with E-state index < -0.39 is 41.9 Å². The van der Waals surface area contributed by atoms with Crippen molar-refractivity contribution in [3.05, 3.63) is 89.5 Å². The number of anilines is 3. The van der Waals surface area contributed by atoms with Gasteiger partial charge in [0, 0.05) is 11.3 Å². The summed E-state index contributed by atoms with van der Waals surface area (Å²) in [5, 5.41) is 5.09. The third-order valence-corrected chi connectivity index (χ3v) is 5.37. The maximum absolute atomic E-state index is 13.5. The van der Waals surface area contributed by atoms with E-state index >= 15 is 0 Å². The topological polar surface area (TPSA) is 78.5 Å². The van der Waals surface area contributed by atoms with Gasteiger partial charge in [-0.25, -0.2) is 0 Å². The molecule has 3 amide bonds. The largest absolute Gasteiger partial charge is 0.416 e. The summed E-state index contributed by atoms with van der Waals surface area (Å²) < 4.78 is 39.0. The number of hydrogen-bond donors (Lipinski definition) is 2. The Balaban J connectivity index is 1.63. The number of aryl methyl sites for hydroxylation is 1. The van der Waals surface area contributed by atoms with Gasteiger partial charge in [-0.3, -0.25) is 19.3 Å². The van der Waals surface area contributed by atoms with Gasteiger partial charge in [0.25, 0.3) is 5.91 Å². The van der Waals surface area contributed by atoms with Crippen LogP contribution in [0.1, 0.15) is 27.9 Å². The lowest BCUT2D eigenvalue weighted by Crippen LogP contribution is -2.52. The fourth-order valence-electron chi connectivity index (χ4n) is 3.80. The summed E-state index contributed by atoms with van der Waals surface area (Å²) in [6.07, 6.45) is -5.02. The number of hydrogen-bond acceptors (Lipinski definition) is 3. The van der Waals surface area contributed by atoms with Gasteiger partial charge in [-0.15, -0.1) is 0 Å². The van der Waals surface area contributed by atoms with E-state index in [1.165, 1.54) is 17.0 Å². The summed E-state index contributed by atoms with van der Waals surface area (Å²) in [6, 6.07) is 16.5. The van der Waals surface area contributed by atoms with Gasteiger partial charge in [0.1, 0.15) is 6.04 Å². The molecule has 0 aliphatic carbocycles. The molecule has 0 fully saturated rings. The van der Waals surface area contributed by atoms with Crippen molar-refractivity contribution >= 4 is 34.8 Å². The Hall–Kier alpha value is -4.14. The third kappa shape index (κ3) is 4.78. The Kier molecular flexibility index (Phi) is 6.10. The van der Waals surface area contributed by atoms with Crippen molar-refractivity contribution in [2.45, 2.75) is 25.6 Å². The van der Waals surface area contributed by atoms with E-state index in [4.69, 9.17) is 0 Å². The van der Waals surface area contributed by atoms with Crippen molar-refractivity contribution < 1.29 is 27.6 Å². The van der Waals surface area contributed by atoms with E-state index in [2.05, 4.69) is 10.6 Å². The lowest BCUT2D eigenvalue weighted by Gasteiger charge is -2.36. The first-order valence-corrected chi connectivity index (χ1v) is 10.4. The van der Waals surface area contributed by atoms with Crippen molar-refractivity contribution in [3.63, 3.8) is 0 Å². The average Bonchev–Trinajstić information content (AvgIpc) is 2.79. The first-order valence-electron chi connectivity index (χ1n) is 10.4. The highest BCUT2D eigenvalue weighted by Crippen LogP contribution is 2.35. The minimum atomic E-state index is -4.56. The van der Waals surface area contributed by atoms with Crippen molar-refractivity contribution in [1.82, 2.24) is 0 Å².